The minimum Gasteiger partial charge on any atom is -0.476 e. The van der Waals surface area contributed by atoms with Gasteiger partial charge in [0, 0.05) is 6.54 Å². The number of carboxylic acid groups (broad SMARTS) is 1. The number of aromatic carboxylic acids is 1. The fourth-order valence-electron chi connectivity index (χ4n) is 1.68. The summed E-state index contributed by atoms with van der Waals surface area (Å²) in [7, 11) is 0. The second-order valence-corrected chi connectivity index (χ2v) is 4.12. The molecule has 0 radical (unpaired) electrons. The molecule has 110 valence electrons. The molecule has 0 saturated heterocycles. The molecule has 2 rings (SSSR count). The van der Waals surface area contributed by atoms with E-state index in [9.17, 15) is 18.0 Å². The summed E-state index contributed by atoms with van der Waals surface area (Å²) >= 11 is 0. The number of halogens is 3. The van der Waals surface area contributed by atoms with Crippen molar-refractivity contribution in [1.82, 2.24) is 10.2 Å². The maximum atomic E-state index is 12.8. The predicted octanol–water partition coefficient (Wildman–Crippen LogP) is 2.81. The lowest BCUT2D eigenvalue weighted by molar-refractivity contribution is -0.138. The van der Waals surface area contributed by atoms with E-state index in [-0.39, 0.29) is 23.6 Å². The van der Waals surface area contributed by atoms with Gasteiger partial charge in [0.25, 0.3) is 0 Å². The lowest BCUT2D eigenvalue weighted by Gasteiger charge is -2.13. The Kier molecular flexibility index (Phi) is 4.06. The molecule has 8 heteroatoms. The lowest BCUT2D eigenvalue weighted by atomic mass is 10.1. The smallest absolute Gasteiger partial charge is 0.416 e. The number of aromatic nitrogens is 2. The number of hydrogen-bond donors (Lipinski definition) is 2. The summed E-state index contributed by atoms with van der Waals surface area (Å²) < 4.78 is 38.4. The van der Waals surface area contributed by atoms with Crippen LogP contribution in [0.15, 0.2) is 36.4 Å². The second-order valence-electron chi connectivity index (χ2n) is 4.12. The Bertz CT molecular complexity index is 642. The molecule has 0 spiro atoms. The molecular formula is C13H10F3N3O2. The summed E-state index contributed by atoms with van der Waals surface area (Å²) in [6.07, 6.45) is -4.43. The normalized spacial score (nSPS) is 11.2. The molecule has 0 atom stereocenters. The van der Waals surface area contributed by atoms with Crippen molar-refractivity contribution in [2.75, 3.05) is 5.32 Å². The van der Waals surface area contributed by atoms with Crippen LogP contribution in [0.25, 0.3) is 0 Å². The third-order valence-electron chi connectivity index (χ3n) is 2.67. The standard InChI is InChI=1S/C13H10F3N3O2/c14-13(15,16)9-4-2-1-3-8(9)7-17-11-6-5-10(12(20)21)18-19-11/h1-6H,7H2,(H,17,19)(H,20,21). The van der Waals surface area contributed by atoms with Gasteiger partial charge in [-0.05, 0) is 23.8 Å². The van der Waals surface area contributed by atoms with Crippen LogP contribution in [0.1, 0.15) is 21.6 Å². The summed E-state index contributed by atoms with van der Waals surface area (Å²) in [5, 5.41) is 18.3. The first-order valence-electron chi connectivity index (χ1n) is 5.84. The summed E-state index contributed by atoms with van der Waals surface area (Å²) in [6, 6.07) is 7.73. The van der Waals surface area contributed by atoms with Gasteiger partial charge in [-0.3, -0.25) is 0 Å². The molecule has 21 heavy (non-hydrogen) atoms. The van der Waals surface area contributed by atoms with E-state index in [1.54, 1.807) is 0 Å². The molecule has 0 saturated carbocycles. The fourth-order valence-corrected chi connectivity index (χ4v) is 1.68. The van der Waals surface area contributed by atoms with Crippen LogP contribution in [0, 0.1) is 0 Å². The Balaban J connectivity index is 2.12. The maximum absolute atomic E-state index is 12.8. The fraction of sp³-hybridized carbons (Fsp3) is 0.154. The largest absolute Gasteiger partial charge is 0.476 e. The Hall–Kier alpha value is -2.64. The minimum atomic E-state index is -4.43. The molecule has 0 aliphatic carbocycles. The van der Waals surface area contributed by atoms with E-state index >= 15 is 0 Å². The van der Waals surface area contributed by atoms with Gasteiger partial charge in [-0.2, -0.15) is 13.2 Å². The molecular weight excluding hydrogens is 287 g/mol. The highest BCUT2D eigenvalue weighted by molar-refractivity contribution is 5.85. The van der Waals surface area contributed by atoms with E-state index in [1.807, 2.05) is 0 Å². The summed E-state index contributed by atoms with van der Waals surface area (Å²) in [6.45, 7) is -0.100. The van der Waals surface area contributed by atoms with Crippen LogP contribution in [0.5, 0.6) is 0 Å². The summed E-state index contributed by atoms with van der Waals surface area (Å²) in [4.78, 5) is 10.6. The van der Waals surface area contributed by atoms with E-state index < -0.39 is 17.7 Å². The van der Waals surface area contributed by atoms with Crippen molar-refractivity contribution in [3.05, 3.63) is 53.2 Å². The van der Waals surface area contributed by atoms with Crippen molar-refractivity contribution in [2.45, 2.75) is 12.7 Å². The number of carboxylic acids is 1. The Morgan fingerprint density at radius 1 is 1.14 bits per heavy atom. The van der Waals surface area contributed by atoms with Crippen LogP contribution in [-0.4, -0.2) is 21.3 Å². The van der Waals surface area contributed by atoms with Crippen LogP contribution < -0.4 is 5.32 Å². The average molecular weight is 297 g/mol. The zero-order valence-corrected chi connectivity index (χ0v) is 10.6. The van der Waals surface area contributed by atoms with Gasteiger partial charge in [0.05, 0.1) is 5.56 Å². The highest BCUT2D eigenvalue weighted by Crippen LogP contribution is 2.32. The Morgan fingerprint density at radius 3 is 2.43 bits per heavy atom. The molecule has 1 aromatic carbocycles. The summed E-state index contributed by atoms with van der Waals surface area (Å²) in [5.74, 6) is -1.03. The molecule has 0 unspecified atom stereocenters. The van der Waals surface area contributed by atoms with Crippen molar-refractivity contribution >= 4 is 11.8 Å². The van der Waals surface area contributed by atoms with Crippen molar-refractivity contribution in [3.63, 3.8) is 0 Å². The van der Waals surface area contributed by atoms with Crippen molar-refractivity contribution in [3.8, 4) is 0 Å². The molecule has 5 nitrogen and oxygen atoms in total. The van der Waals surface area contributed by atoms with E-state index in [0.717, 1.165) is 6.07 Å². The number of carbonyl (C=O) groups is 1. The molecule has 1 heterocycles. The van der Waals surface area contributed by atoms with Gasteiger partial charge < -0.3 is 10.4 Å². The number of anilines is 1. The van der Waals surface area contributed by atoms with Crippen LogP contribution in [0.3, 0.4) is 0 Å². The number of nitrogens with one attached hydrogen (secondary N) is 1. The topological polar surface area (TPSA) is 75.1 Å². The Labute approximate surface area is 117 Å². The molecule has 0 bridgehead atoms. The zero-order chi connectivity index (χ0) is 15.5. The lowest BCUT2D eigenvalue weighted by Crippen LogP contribution is -2.12. The first-order valence-corrected chi connectivity index (χ1v) is 5.84. The number of nitrogens with zero attached hydrogens (tertiary/aromatic N) is 2. The average Bonchev–Trinajstić information content (AvgIpc) is 2.45. The summed E-state index contributed by atoms with van der Waals surface area (Å²) in [5.41, 5.74) is -0.905. The molecule has 2 aromatic rings. The van der Waals surface area contributed by atoms with Gasteiger partial charge in [-0.25, -0.2) is 4.79 Å². The van der Waals surface area contributed by atoms with Crippen LogP contribution in [0.4, 0.5) is 19.0 Å². The predicted molar refractivity (Wildman–Crippen MR) is 67.8 cm³/mol. The number of benzene rings is 1. The molecule has 0 aliphatic heterocycles. The monoisotopic (exact) mass is 297 g/mol. The zero-order valence-electron chi connectivity index (χ0n) is 10.6. The van der Waals surface area contributed by atoms with Gasteiger partial charge in [0.15, 0.2) is 5.69 Å². The van der Waals surface area contributed by atoms with Crippen LogP contribution >= 0.6 is 0 Å². The van der Waals surface area contributed by atoms with Gasteiger partial charge in [0.1, 0.15) is 5.82 Å². The third kappa shape index (κ3) is 3.68. The molecule has 0 fully saturated rings. The quantitative estimate of drug-likeness (QED) is 0.907. The molecule has 0 amide bonds. The first-order chi connectivity index (χ1) is 9.88. The van der Waals surface area contributed by atoms with E-state index in [2.05, 4.69) is 15.5 Å². The number of hydrogen-bond acceptors (Lipinski definition) is 4. The van der Waals surface area contributed by atoms with Crippen LogP contribution in [-0.2, 0) is 12.7 Å². The van der Waals surface area contributed by atoms with Gasteiger partial charge in [-0.15, -0.1) is 10.2 Å². The Morgan fingerprint density at radius 2 is 1.86 bits per heavy atom. The van der Waals surface area contributed by atoms with Gasteiger partial charge in [-0.1, -0.05) is 18.2 Å². The highest BCUT2D eigenvalue weighted by Gasteiger charge is 2.32. The van der Waals surface area contributed by atoms with E-state index in [1.165, 1.54) is 30.3 Å². The number of rotatable bonds is 4. The molecule has 0 aliphatic rings. The van der Waals surface area contributed by atoms with Crippen molar-refractivity contribution in [1.29, 1.82) is 0 Å². The van der Waals surface area contributed by atoms with Gasteiger partial charge >= 0.3 is 12.1 Å². The van der Waals surface area contributed by atoms with E-state index in [4.69, 9.17) is 5.11 Å². The minimum absolute atomic E-state index is 0.0640. The van der Waals surface area contributed by atoms with Crippen LogP contribution in [0.2, 0.25) is 0 Å². The second kappa shape index (κ2) is 5.78. The van der Waals surface area contributed by atoms with Crippen molar-refractivity contribution in [2.24, 2.45) is 0 Å². The number of alkyl halides is 3. The molecule has 1 aromatic heterocycles. The SMILES string of the molecule is O=C(O)c1ccc(NCc2ccccc2C(F)(F)F)nn1. The van der Waals surface area contributed by atoms with Crippen molar-refractivity contribution < 1.29 is 23.1 Å². The molecule has 2 N–H and O–H groups in total. The third-order valence-corrected chi connectivity index (χ3v) is 2.67. The van der Waals surface area contributed by atoms with Gasteiger partial charge in [0.2, 0.25) is 0 Å². The first kappa shape index (κ1) is 14.8. The van der Waals surface area contributed by atoms with E-state index in [0.29, 0.717) is 0 Å². The highest BCUT2D eigenvalue weighted by atomic mass is 19.4. The maximum Gasteiger partial charge on any atom is 0.416 e.